The normalized spacial score (nSPS) is 36.0. The first-order valence-corrected chi connectivity index (χ1v) is 4.96. The van der Waals surface area contributed by atoms with Crippen molar-refractivity contribution in [2.45, 2.75) is 52.3 Å². The molecule has 1 rings (SSSR count). The van der Waals surface area contributed by atoms with Gasteiger partial charge in [0.1, 0.15) is 0 Å². The zero-order chi connectivity index (χ0) is 9.30. The third kappa shape index (κ3) is 3.12. The van der Waals surface area contributed by atoms with E-state index in [1.807, 2.05) is 0 Å². The predicted molar refractivity (Wildman–Crippen MR) is 58.3 cm³/mol. The Hall–Kier alpha value is 0.210. The molecular formula is C10H22ClNO. The van der Waals surface area contributed by atoms with Gasteiger partial charge in [-0.25, -0.2) is 0 Å². The van der Waals surface area contributed by atoms with Crippen LogP contribution in [0.3, 0.4) is 0 Å². The number of halogens is 1. The second kappa shape index (κ2) is 5.18. The van der Waals surface area contributed by atoms with Gasteiger partial charge in [0.25, 0.3) is 0 Å². The third-order valence-corrected chi connectivity index (χ3v) is 2.97. The van der Waals surface area contributed by atoms with E-state index in [-0.39, 0.29) is 18.5 Å². The minimum absolute atomic E-state index is 0. The van der Waals surface area contributed by atoms with Crippen LogP contribution in [0, 0.1) is 5.92 Å². The van der Waals surface area contributed by atoms with Gasteiger partial charge < -0.3 is 5.11 Å². The Morgan fingerprint density at radius 1 is 1.31 bits per heavy atom. The van der Waals surface area contributed by atoms with Gasteiger partial charge in [0.2, 0.25) is 0 Å². The fourth-order valence-electron chi connectivity index (χ4n) is 2.07. The Balaban J connectivity index is 0.00000144. The molecule has 13 heavy (non-hydrogen) atoms. The fraction of sp³-hybridized carbons (Fsp3) is 1.00. The number of aliphatic hydroxyl groups is 1. The monoisotopic (exact) mass is 207 g/mol. The Morgan fingerprint density at radius 3 is 2.31 bits per heavy atom. The predicted octanol–water partition coefficient (Wildman–Crippen LogP) is 1.91. The fourth-order valence-corrected chi connectivity index (χ4v) is 2.07. The number of rotatable bonds is 1. The van der Waals surface area contributed by atoms with Crippen LogP contribution in [0.25, 0.3) is 0 Å². The van der Waals surface area contributed by atoms with Crippen molar-refractivity contribution in [1.29, 1.82) is 0 Å². The Kier molecular flexibility index (Phi) is 5.26. The van der Waals surface area contributed by atoms with Crippen molar-refractivity contribution in [3.8, 4) is 0 Å². The summed E-state index contributed by atoms with van der Waals surface area (Å²) in [4.78, 5) is 2.47. The van der Waals surface area contributed by atoms with E-state index in [2.05, 4.69) is 32.6 Å². The lowest BCUT2D eigenvalue weighted by molar-refractivity contribution is -0.00774. The molecule has 1 saturated heterocycles. The molecule has 0 spiro atoms. The Labute approximate surface area is 87.7 Å². The summed E-state index contributed by atoms with van der Waals surface area (Å²) in [6, 6.07) is 1.14. The minimum Gasteiger partial charge on any atom is -0.393 e. The maximum Gasteiger partial charge on any atom is 0.0592 e. The summed E-state index contributed by atoms with van der Waals surface area (Å²) < 4.78 is 0. The van der Waals surface area contributed by atoms with Crippen molar-refractivity contribution >= 4 is 12.4 Å². The Morgan fingerprint density at radius 2 is 1.85 bits per heavy atom. The average Bonchev–Trinajstić information content (AvgIpc) is 1.96. The van der Waals surface area contributed by atoms with Crippen molar-refractivity contribution in [3.63, 3.8) is 0 Å². The van der Waals surface area contributed by atoms with Crippen LogP contribution in [-0.4, -0.2) is 34.7 Å². The summed E-state index contributed by atoms with van der Waals surface area (Å²) in [6.45, 7) is 9.82. The van der Waals surface area contributed by atoms with Gasteiger partial charge >= 0.3 is 0 Å². The van der Waals surface area contributed by atoms with Crippen LogP contribution in [0.15, 0.2) is 0 Å². The summed E-state index contributed by atoms with van der Waals surface area (Å²) >= 11 is 0. The molecule has 0 aliphatic carbocycles. The molecule has 1 aliphatic heterocycles. The van der Waals surface area contributed by atoms with Gasteiger partial charge in [0, 0.05) is 18.6 Å². The number of hydrogen-bond donors (Lipinski definition) is 1. The average molecular weight is 208 g/mol. The van der Waals surface area contributed by atoms with E-state index in [9.17, 15) is 5.11 Å². The smallest absolute Gasteiger partial charge is 0.0592 e. The van der Waals surface area contributed by atoms with E-state index in [1.54, 1.807) is 0 Å². The lowest BCUT2D eigenvalue weighted by Crippen LogP contribution is -2.50. The molecule has 3 heteroatoms. The molecule has 1 N–H and O–H groups in total. The first kappa shape index (κ1) is 13.2. The molecule has 3 atom stereocenters. The molecule has 1 fully saturated rings. The van der Waals surface area contributed by atoms with Gasteiger partial charge in [-0.1, -0.05) is 6.92 Å². The zero-order valence-corrected chi connectivity index (χ0v) is 9.84. The van der Waals surface area contributed by atoms with Crippen LogP contribution in [0.4, 0.5) is 0 Å². The van der Waals surface area contributed by atoms with Crippen LogP contribution >= 0.6 is 12.4 Å². The highest BCUT2D eigenvalue weighted by molar-refractivity contribution is 5.85. The van der Waals surface area contributed by atoms with E-state index < -0.39 is 0 Å². The highest BCUT2D eigenvalue weighted by Crippen LogP contribution is 2.23. The topological polar surface area (TPSA) is 23.5 Å². The van der Waals surface area contributed by atoms with Crippen LogP contribution in [0.1, 0.15) is 34.1 Å². The summed E-state index contributed by atoms with van der Waals surface area (Å²) in [7, 11) is 0. The van der Waals surface area contributed by atoms with E-state index >= 15 is 0 Å². The minimum atomic E-state index is -0.0880. The number of piperidine rings is 1. The second-order valence-electron chi connectivity index (χ2n) is 4.42. The molecule has 0 saturated carbocycles. The first-order chi connectivity index (χ1) is 5.52. The summed E-state index contributed by atoms with van der Waals surface area (Å²) in [5.41, 5.74) is 0. The van der Waals surface area contributed by atoms with Gasteiger partial charge in [0.15, 0.2) is 0 Å². The second-order valence-corrected chi connectivity index (χ2v) is 4.42. The largest absolute Gasteiger partial charge is 0.393 e. The molecule has 2 nitrogen and oxygen atoms in total. The van der Waals surface area contributed by atoms with E-state index in [0.29, 0.717) is 18.0 Å². The molecule has 1 aliphatic rings. The molecule has 3 unspecified atom stereocenters. The zero-order valence-electron chi connectivity index (χ0n) is 9.03. The van der Waals surface area contributed by atoms with Gasteiger partial charge in [0.05, 0.1) is 6.10 Å². The van der Waals surface area contributed by atoms with Crippen molar-refractivity contribution in [2.75, 3.05) is 6.54 Å². The van der Waals surface area contributed by atoms with Crippen LogP contribution in [-0.2, 0) is 0 Å². The van der Waals surface area contributed by atoms with Crippen LogP contribution in [0.5, 0.6) is 0 Å². The third-order valence-electron chi connectivity index (χ3n) is 2.97. The number of aliphatic hydroxyl groups excluding tert-OH is 1. The van der Waals surface area contributed by atoms with E-state index in [4.69, 9.17) is 0 Å². The van der Waals surface area contributed by atoms with Gasteiger partial charge in [-0.15, -0.1) is 12.4 Å². The van der Waals surface area contributed by atoms with Gasteiger partial charge in [-0.05, 0) is 33.1 Å². The summed E-state index contributed by atoms with van der Waals surface area (Å²) in [6.07, 6.45) is 0.842. The molecule has 0 aromatic heterocycles. The lowest BCUT2D eigenvalue weighted by Gasteiger charge is -2.42. The molecule has 0 aromatic carbocycles. The molecule has 0 radical (unpaired) electrons. The molecule has 0 aromatic rings. The molecular weight excluding hydrogens is 186 g/mol. The van der Waals surface area contributed by atoms with Crippen molar-refractivity contribution < 1.29 is 5.11 Å². The first-order valence-electron chi connectivity index (χ1n) is 4.96. The number of hydrogen-bond acceptors (Lipinski definition) is 2. The van der Waals surface area contributed by atoms with Gasteiger partial charge in [-0.3, -0.25) is 4.90 Å². The quantitative estimate of drug-likeness (QED) is 0.710. The van der Waals surface area contributed by atoms with Crippen LogP contribution in [0.2, 0.25) is 0 Å². The molecule has 1 heterocycles. The lowest BCUT2D eigenvalue weighted by atomic mass is 9.91. The molecule has 0 amide bonds. The highest BCUT2D eigenvalue weighted by Gasteiger charge is 2.30. The number of nitrogens with zero attached hydrogens (tertiary/aromatic N) is 1. The van der Waals surface area contributed by atoms with E-state index in [1.165, 1.54) is 0 Å². The summed E-state index contributed by atoms with van der Waals surface area (Å²) in [5.74, 6) is 0.434. The maximum absolute atomic E-state index is 9.62. The molecule has 80 valence electrons. The van der Waals surface area contributed by atoms with Crippen LogP contribution < -0.4 is 0 Å². The standard InChI is InChI=1S/C10H21NO.ClH/c1-7(2)11-6-8(3)10(12)5-9(11)4;/h7-10,12H,5-6H2,1-4H3;1H. The molecule has 0 bridgehead atoms. The van der Waals surface area contributed by atoms with Crippen molar-refractivity contribution in [1.82, 2.24) is 4.90 Å². The maximum atomic E-state index is 9.62. The van der Waals surface area contributed by atoms with E-state index in [0.717, 1.165) is 13.0 Å². The number of likely N-dealkylation sites (tertiary alicyclic amines) is 1. The highest BCUT2D eigenvalue weighted by atomic mass is 35.5. The SMILES string of the molecule is CC1CN(C(C)C)C(C)CC1O.Cl. The summed E-state index contributed by atoms with van der Waals surface area (Å²) in [5, 5.41) is 9.62. The van der Waals surface area contributed by atoms with Crippen molar-refractivity contribution in [2.24, 2.45) is 5.92 Å². The van der Waals surface area contributed by atoms with Gasteiger partial charge in [-0.2, -0.15) is 0 Å². The Bertz CT molecular complexity index is 152. The van der Waals surface area contributed by atoms with Crippen molar-refractivity contribution in [3.05, 3.63) is 0 Å².